The molecule has 0 spiro atoms. The molecule has 5 heteroatoms. The Balaban J connectivity index is 0.00000112. The van der Waals surface area contributed by atoms with Crippen molar-refractivity contribution in [2.75, 3.05) is 13.1 Å². The van der Waals surface area contributed by atoms with E-state index in [1.807, 2.05) is 18.2 Å². The van der Waals surface area contributed by atoms with Crippen molar-refractivity contribution in [3.63, 3.8) is 0 Å². The van der Waals surface area contributed by atoms with Gasteiger partial charge < -0.3 is 10.4 Å². The van der Waals surface area contributed by atoms with Crippen LogP contribution >= 0.6 is 24.8 Å². The van der Waals surface area contributed by atoms with Crippen molar-refractivity contribution in [2.24, 2.45) is 5.92 Å². The second kappa shape index (κ2) is 7.85. The summed E-state index contributed by atoms with van der Waals surface area (Å²) < 4.78 is 0. The third-order valence-electron chi connectivity index (χ3n) is 2.82. The van der Waals surface area contributed by atoms with Gasteiger partial charge in [-0.3, -0.25) is 4.98 Å². The van der Waals surface area contributed by atoms with Gasteiger partial charge in [-0.2, -0.15) is 0 Å². The molecular formula is C11H18Cl2N2O. The largest absolute Gasteiger partial charge is 0.387 e. The Bertz CT molecular complexity index is 279. The SMILES string of the molecule is Cl.Cl.OC(c1ccccn1)C1CCNCC1. The molecule has 1 fully saturated rings. The summed E-state index contributed by atoms with van der Waals surface area (Å²) in [6, 6.07) is 5.69. The van der Waals surface area contributed by atoms with Crippen LogP contribution in [0.4, 0.5) is 0 Å². The molecule has 1 aromatic heterocycles. The summed E-state index contributed by atoms with van der Waals surface area (Å²) in [6.45, 7) is 2.02. The topological polar surface area (TPSA) is 45.2 Å². The number of rotatable bonds is 2. The van der Waals surface area contributed by atoms with Crippen molar-refractivity contribution in [3.05, 3.63) is 30.1 Å². The van der Waals surface area contributed by atoms with Crippen molar-refractivity contribution in [2.45, 2.75) is 18.9 Å². The van der Waals surface area contributed by atoms with E-state index in [4.69, 9.17) is 0 Å². The number of nitrogens with zero attached hydrogens (tertiary/aromatic N) is 1. The number of hydrogen-bond acceptors (Lipinski definition) is 3. The second-order valence-corrected chi connectivity index (χ2v) is 3.79. The molecule has 3 nitrogen and oxygen atoms in total. The van der Waals surface area contributed by atoms with Crippen LogP contribution in [0.5, 0.6) is 0 Å². The Morgan fingerprint density at radius 2 is 1.94 bits per heavy atom. The van der Waals surface area contributed by atoms with Gasteiger partial charge in [0.05, 0.1) is 11.8 Å². The molecule has 1 aliphatic rings. The molecule has 2 heterocycles. The summed E-state index contributed by atoms with van der Waals surface area (Å²) in [7, 11) is 0. The lowest BCUT2D eigenvalue weighted by molar-refractivity contribution is 0.0852. The number of nitrogens with one attached hydrogen (secondary N) is 1. The van der Waals surface area contributed by atoms with Crippen molar-refractivity contribution in [3.8, 4) is 0 Å². The van der Waals surface area contributed by atoms with Crippen LogP contribution in [0.3, 0.4) is 0 Å². The van der Waals surface area contributed by atoms with E-state index in [0.29, 0.717) is 5.92 Å². The van der Waals surface area contributed by atoms with Crippen molar-refractivity contribution < 1.29 is 5.11 Å². The fraction of sp³-hybridized carbons (Fsp3) is 0.545. The number of aliphatic hydroxyl groups is 1. The average Bonchev–Trinajstić information content (AvgIpc) is 2.30. The van der Waals surface area contributed by atoms with Crippen LogP contribution in [0.1, 0.15) is 24.6 Å². The van der Waals surface area contributed by atoms with E-state index in [1.54, 1.807) is 6.20 Å². The Morgan fingerprint density at radius 1 is 1.25 bits per heavy atom. The highest BCUT2D eigenvalue weighted by Gasteiger charge is 2.23. The number of aromatic nitrogens is 1. The molecule has 0 aliphatic carbocycles. The normalized spacial score (nSPS) is 18.1. The Hall–Kier alpha value is -0.350. The zero-order chi connectivity index (χ0) is 9.80. The zero-order valence-corrected chi connectivity index (χ0v) is 10.6. The maximum Gasteiger partial charge on any atom is 0.0988 e. The summed E-state index contributed by atoms with van der Waals surface area (Å²) >= 11 is 0. The second-order valence-electron chi connectivity index (χ2n) is 3.79. The molecule has 1 aliphatic heterocycles. The minimum Gasteiger partial charge on any atom is -0.387 e. The van der Waals surface area contributed by atoms with Crippen LogP contribution in [0.2, 0.25) is 0 Å². The molecular weight excluding hydrogens is 247 g/mol. The molecule has 92 valence electrons. The van der Waals surface area contributed by atoms with Crippen LogP contribution in [0.15, 0.2) is 24.4 Å². The fourth-order valence-corrected chi connectivity index (χ4v) is 1.95. The number of piperidine rings is 1. The first-order valence-electron chi connectivity index (χ1n) is 5.17. The predicted octanol–water partition coefficient (Wildman–Crippen LogP) is 1.96. The highest BCUT2D eigenvalue weighted by molar-refractivity contribution is 5.85. The third-order valence-corrected chi connectivity index (χ3v) is 2.82. The van der Waals surface area contributed by atoms with Crippen LogP contribution in [0.25, 0.3) is 0 Å². The van der Waals surface area contributed by atoms with Gasteiger partial charge in [0, 0.05) is 6.20 Å². The molecule has 2 N–H and O–H groups in total. The lowest BCUT2D eigenvalue weighted by Gasteiger charge is -2.26. The average molecular weight is 265 g/mol. The summed E-state index contributed by atoms with van der Waals surface area (Å²) in [5, 5.41) is 13.3. The lowest BCUT2D eigenvalue weighted by Crippen LogP contribution is -2.31. The molecule has 1 saturated heterocycles. The van der Waals surface area contributed by atoms with E-state index in [2.05, 4.69) is 10.3 Å². The quantitative estimate of drug-likeness (QED) is 0.859. The predicted molar refractivity (Wildman–Crippen MR) is 69.3 cm³/mol. The van der Waals surface area contributed by atoms with Crippen LogP contribution in [-0.2, 0) is 0 Å². The molecule has 2 rings (SSSR count). The van der Waals surface area contributed by atoms with Gasteiger partial charge in [0.25, 0.3) is 0 Å². The summed E-state index contributed by atoms with van der Waals surface area (Å²) in [5.74, 6) is 0.367. The molecule has 1 aromatic rings. The van der Waals surface area contributed by atoms with Gasteiger partial charge in [0.1, 0.15) is 0 Å². The Labute approximate surface area is 108 Å². The smallest absolute Gasteiger partial charge is 0.0988 e. The van der Waals surface area contributed by atoms with E-state index in [1.165, 1.54) is 0 Å². The summed E-state index contributed by atoms with van der Waals surface area (Å²) in [4.78, 5) is 4.18. The molecule has 1 atom stereocenters. The van der Waals surface area contributed by atoms with E-state index < -0.39 is 6.10 Å². The molecule has 0 radical (unpaired) electrons. The lowest BCUT2D eigenvalue weighted by atomic mass is 9.90. The van der Waals surface area contributed by atoms with E-state index >= 15 is 0 Å². The van der Waals surface area contributed by atoms with E-state index in [0.717, 1.165) is 31.6 Å². The number of pyridine rings is 1. The molecule has 0 saturated carbocycles. The monoisotopic (exact) mass is 264 g/mol. The van der Waals surface area contributed by atoms with Gasteiger partial charge in [-0.25, -0.2) is 0 Å². The first kappa shape index (κ1) is 15.7. The van der Waals surface area contributed by atoms with Gasteiger partial charge in [-0.05, 0) is 44.0 Å². The summed E-state index contributed by atoms with van der Waals surface area (Å²) in [6.07, 6.45) is 3.42. The van der Waals surface area contributed by atoms with Gasteiger partial charge in [0.15, 0.2) is 0 Å². The van der Waals surface area contributed by atoms with Crippen molar-refractivity contribution in [1.29, 1.82) is 0 Å². The molecule has 0 bridgehead atoms. The highest BCUT2D eigenvalue weighted by atomic mass is 35.5. The zero-order valence-electron chi connectivity index (χ0n) is 9.00. The van der Waals surface area contributed by atoms with Crippen LogP contribution in [0, 0.1) is 5.92 Å². The maximum atomic E-state index is 10.1. The summed E-state index contributed by atoms with van der Waals surface area (Å²) in [5.41, 5.74) is 0.805. The minimum atomic E-state index is -0.390. The fourth-order valence-electron chi connectivity index (χ4n) is 1.95. The van der Waals surface area contributed by atoms with Crippen molar-refractivity contribution in [1.82, 2.24) is 10.3 Å². The number of aliphatic hydroxyl groups excluding tert-OH is 1. The Kier molecular flexibility index (Phi) is 7.68. The number of hydrogen-bond donors (Lipinski definition) is 2. The maximum absolute atomic E-state index is 10.1. The minimum absolute atomic E-state index is 0. The van der Waals surface area contributed by atoms with Crippen LogP contribution in [-0.4, -0.2) is 23.2 Å². The first-order chi connectivity index (χ1) is 6.88. The van der Waals surface area contributed by atoms with Gasteiger partial charge in [-0.1, -0.05) is 6.07 Å². The first-order valence-corrected chi connectivity index (χ1v) is 5.17. The van der Waals surface area contributed by atoms with Gasteiger partial charge >= 0.3 is 0 Å². The van der Waals surface area contributed by atoms with Crippen LogP contribution < -0.4 is 5.32 Å². The van der Waals surface area contributed by atoms with Crippen molar-refractivity contribution >= 4 is 24.8 Å². The van der Waals surface area contributed by atoms with E-state index in [9.17, 15) is 5.11 Å². The number of halogens is 2. The molecule has 1 unspecified atom stereocenters. The van der Waals surface area contributed by atoms with Gasteiger partial charge in [-0.15, -0.1) is 24.8 Å². The van der Waals surface area contributed by atoms with Gasteiger partial charge in [0.2, 0.25) is 0 Å². The van der Waals surface area contributed by atoms with E-state index in [-0.39, 0.29) is 24.8 Å². The molecule has 0 amide bonds. The molecule has 16 heavy (non-hydrogen) atoms. The Morgan fingerprint density at radius 3 is 2.50 bits per heavy atom. The molecule has 0 aromatic carbocycles. The standard InChI is InChI=1S/C11H16N2O.2ClH/c14-11(9-4-7-12-8-5-9)10-3-1-2-6-13-10;;/h1-3,6,9,11-12,14H,4-5,7-8H2;2*1H. The third kappa shape index (κ3) is 3.91. The highest BCUT2D eigenvalue weighted by Crippen LogP contribution is 2.26.